The zero-order valence-corrected chi connectivity index (χ0v) is 19.0. The number of guanidine groups is 1. The molecule has 1 aliphatic heterocycles. The molecule has 0 spiro atoms. The van der Waals surface area contributed by atoms with Crippen molar-refractivity contribution in [2.24, 2.45) is 4.99 Å². The zero-order valence-electron chi connectivity index (χ0n) is 16.7. The van der Waals surface area contributed by atoms with E-state index in [9.17, 15) is 0 Å². The van der Waals surface area contributed by atoms with Crippen LogP contribution < -0.4 is 10.6 Å². The Morgan fingerprint density at radius 1 is 1.15 bits per heavy atom. The van der Waals surface area contributed by atoms with Crippen LogP contribution in [-0.2, 0) is 17.8 Å². The Bertz CT molecular complexity index is 537. The van der Waals surface area contributed by atoms with Crippen molar-refractivity contribution in [2.45, 2.75) is 52.3 Å². The van der Waals surface area contributed by atoms with Crippen LogP contribution in [-0.4, -0.2) is 49.7 Å². The normalized spacial score (nSPS) is 20.1. The molecule has 0 bridgehead atoms. The Morgan fingerprint density at radius 2 is 1.81 bits per heavy atom. The van der Waals surface area contributed by atoms with E-state index in [2.05, 4.69) is 65.6 Å². The van der Waals surface area contributed by atoms with E-state index in [1.165, 1.54) is 11.1 Å². The lowest BCUT2D eigenvalue weighted by Gasteiger charge is -2.24. The summed E-state index contributed by atoms with van der Waals surface area (Å²) in [5.41, 5.74) is 2.56. The lowest BCUT2D eigenvalue weighted by atomic mass is 10.0. The first-order chi connectivity index (χ1) is 12.1. The number of benzene rings is 1. The Hall–Kier alpha value is -0.860. The van der Waals surface area contributed by atoms with Gasteiger partial charge in [0.15, 0.2) is 5.96 Å². The van der Waals surface area contributed by atoms with Gasteiger partial charge in [0.25, 0.3) is 0 Å². The van der Waals surface area contributed by atoms with Crippen molar-refractivity contribution < 1.29 is 4.74 Å². The molecule has 1 aromatic rings. The van der Waals surface area contributed by atoms with Crippen LogP contribution in [0.5, 0.6) is 0 Å². The fraction of sp³-hybridized carbons (Fsp3) is 0.650. The van der Waals surface area contributed by atoms with E-state index >= 15 is 0 Å². The fourth-order valence-electron chi connectivity index (χ4n) is 3.12. The number of aliphatic imine (C=N–C) groups is 1. The maximum atomic E-state index is 5.81. The predicted octanol–water partition coefficient (Wildman–Crippen LogP) is 3.38. The van der Waals surface area contributed by atoms with Gasteiger partial charge >= 0.3 is 0 Å². The molecule has 0 aliphatic carbocycles. The monoisotopic (exact) mass is 474 g/mol. The maximum absolute atomic E-state index is 5.81. The number of hydrogen-bond acceptors (Lipinski definition) is 3. The number of rotatable bonds is 8. The summed E-state index contributed by atoms with van der Waals surface area (Å²) in [5.74, 6) is 0.823. The largest absolute Gasteiger partial charge is 0.373 e. The van der Waals surface area contributed by atoms with Gasteiger partial charge in [-0.2, -0.15) is 0 Å². The van der Waals surface area contributed by atoms with Gasteiger partial charge in [-0.3, -0.25) is 9.89 Å². The number of nitrogens with zero attached hydrogens (tertiary/aromatic N) is 2. The van der Waals surface area contributed by atoms with Crippen molar-refractivity contribution in [3.63, 3.8) is 0 Å². The highest BCUT2D eigenvalue weighted by atomic mass is 127. The first kappa shape index (κ1) is 23.2. The molecule has 2 rings (SSSR count). The van der Waals surface area contributed by atoms with E-state index in [0.29, 0.717) is 0 Å². The average Bonchev–Trinajstić information content (AvgIpc) is 3.07. The Morgan fingerprint density at radius 3 is 2.35 bits per heavy atom. The van der Waals surface area contributed by atoms with Crippen LogP contribution in [0.15, 0.2) is 29.3 Å². The molecule has 1 heterocycles. The summed E-state index contributed by atoms with van der Waals surface area (Å²) in [6.45, 7) is 12.2. The standard InChI is InChI=1S/C20H34N4O.HI/c1-5-24(6-2)15-18-10-8-17(9-11-18)14-22-19(21-4)23-16-20(3)12-7-13-25-20;/h8-11H,5-7,12-16H2,1-4H3,(H2,21,22,23);1H. The molecule has 0 radical (unpaired) electrons. The van der Waals surface area contributed by atoms with Gasteiger partial charge in [-0.1, -0.05) is 38.1 Å². The molecule has 148 valence electrons. The summed E-state index contributed by atoms with van der Waals surface area (Å²) in [7, 11) is 1.81. The van der Waals surface area contributed by atoms with Gasteiger partial charge in [-0.05, 0) is 44.0 Å². The minimum absolute atomic E-state index is 0. The van der Waals surface area contributed by atoms with Gasteiger partial charge in [0.05, 0.1) is 5.60 Å². The second kappa shape index (κ2) is 11.8. The predicted molar refractivity (Wildman–Crippen MR) is 120 cm³/mol. The van der Waals surface area contributed by atoms with Gasteiger partial charge in [0.2, 0.25) is 0 Å². The van der Waals surface area contributed by atoms with E-state index in [-0.39, 0.29) is 29.6 Å². The molecule has 6 heteroatoms. The van der Waals surface area contributed by atoms with E-state index in [1.54, 1.807) is 7.05 Å². The van der Waals surface area contributed by atoms with Gasteiger partial charge in [-0.15, -0.1) is 24.0 Å². The third-order valence-electron chi connectivity index (χ3n) is 4.94. The van der Waals surface area contributed by atoms with Crippen LogP contribution in [0.2, 0.25) is 0 Å². The summed E-state index contributed by atoms with van der Waals surface area (Å²) >= 11 is 0. The van der Waals surface area contributed by atoms with Gasteiger partial charge in [0, 0.05) is 33.3 Å². The Kier molecular flexibility index (Phi) is 10.5. The molecule has 5 nitrogen and oxygen atoms in total. The van der Waals surface area contributed by atoms with Crippen LogP contribution >= 0.6 is 24.0 Å². The molecule has 0 amide bonds. The number of nitrogens with one attached hydrogen (secondary N) is 2. The van der Waals surface area contributed by atoms with Crippen LogP contribution in [0.1, 0.15) is 44.7 Å². The number of ether oxygens (including phenoxy) is 1. The van der Waals surface area contributed by atoms with Crippen LogP contribution in [0.4, 0.5) is 0 Å². The SMILES string of the molecule is CCN(CC)Cc1ccc(CNC(=NC)NCC2(C)CCCO2)cc1.I. The fourth-order valence-corrected chi connectivity index (χ4v) is 3.12. The van der Waals surface area contributed by atoms with Gasteiger partial charge in [0.1, 0.15) is 0 Å². The first-order valence-corrected chi connectivity index (χ1v) is 9.47. The summed E-state index contributed by atoms with van der Waals surface area (Å²) < 4.78 is 5.81. The van der Waals surface area contributed by atoms with Crippen molar-refractivity contribution in [1.29, 1.82) is 0 Å². The molecule has 1 fully saturated rings. The molecule has 1 saturated heterocycles. The molecule has 0 aromatic heterocycles. The molecule has 1 aliphatic rings. The highest BCUT2D eigenvalue weighted by Gasteiger charge is 2.29. The average molecular weight is 474 g/mol. The van der Waals surface area contributed by atoms with E-state index in [4.69, 9.17) is 4.74 Å². The molecule has 1 aromatic carbocycles. The highest BCUT2D eigenvalue weighted by molar-refractivity contribution is 14.0. The van der Waals surface area contributed by atoms with Crippen molar-refractivity contribution in [3.05, 3.63) is 35.4 Å². The third kappa shape index (κ3) is 7.40. The van der Waals surface area contributed by atoms with Crippen LogP contribution in [0.3, 0.4) is 0 Å². The van der Waals surface area contributed by atoms with Crippen molar-refractivity contribution in [3.8, 4) is 0 Å². The second-order valence-electron chi connectivity index (χ2n) is 6.96. The second-order valence-corrected chi connectivity index (χ2v) is 6.96. The number of halogens is 1. The topological polar surface area (TPSA) is 48.9 Å². The lowest BCUT2D eigenvalue weighted by molar-refractivity contribution is 0.0243. The quantitative estimate of drug-likeness (QED) is 0.345. The zero-order chi connectivity index (χ0) is 18.1. The van der Waals surface area contributed by atoms with E-state index in [1.807, 2.05) is 0 Å². The summed E-state index contributed by atoms with van der Waals surface area (Å²) in [6.07, 6.45) is 2.25. The first-order valence-electron chi connectivity index (χ1n) is 9.47. The molecule has 2 N–H and O–H groups in total. The molecule has 1 atom stereocenters. The Labute approximate surface area is 176 Å². The summed E-state index contributed by atoms with van der Waals surface area (Å²) in [6, 6.07) is 8.83. The van der Waals surface area contributed by atoms with Crippen LogP contribution in [0.25, 0.3) is 0 Å². The lowest BCUT2D eigenvalue weighted by Crippen LogP contribution is -2.45. The highest BCUT2D eigenvalue weighted by Crippen LogP contribution is 2.23. The molecule has 1 unspecified atom stereocenters. The number of hydrogen-bond donors (Lipinski definition) is 2. The van der Waals surface area contributed by atoms with Gasteiger partial charge < -0.3 is 15.4 Å². The third-order valence-corrected chi connectivity index (χ3v) is 4.94. The van der Waals surface area contributed by atoms with Crippen molar-refractivity contribution in [2.75, 3.05) is 33.3 Å². The molecule has 26 heavy (non-hydrogen) atoms. The van der Waals surface area contributed by atoms with Crippen LogP contribution in [0, 0.1) is 0 Å². The smallest absolute Gasteiger partial charge is 0.191 e. The van der Waals surface area contributed by atoms with Crippen molar-refractivity contribution >= 4 is 29.9 Å². The van der Waals surface area contributed by atoms with E-state index < -0.39 is 0 Å². The minimum Gasteiger partial charge on any atom is -0.373 e. The molecular formula is C20H35IN4O. The maximum Gasteiger partial charge on any atom is 0.191 e. The molecular weight excluding hydrogens is 439 g/mol. The Balaban J connectivity index is 0.00000338. The van der Waals surface area contributed by atoms with Crippen molar-refractivity contribution in [1.82, 2.24) is 15.5 Å². The summed E-state index contributed by atoms with van der Waals surface area (Å²) in [4.78, 5) is 6.73. The molecule has 0 saturated carbocycles. The van der Waals surface area contributed by atoms with E-state index in [0.717, 1.165) is 58.1 Å². The van der Waals surface area contributed by atoms with Gasteiger partial charge in [-0.25, -0.2) is 0 Å². The summed E-state index contributed by atoms with van der Waals surface area (Å²) in [5, 5.41) is 6.76. The minimum atomic E-state index is -0.0658.